The number of rotatable bonds is 3. The predicted octanol–water partition coefficient (Wildman–Crippen LogP) is 2.32. The zero-order valence-electron chi connectivity index (χ0n) is 12.8. The molecule has 6 nitrogen and oxygen atoms in total. The fourth-order valence-corrected chi connectivity index (χ4v) is 2.67. The second kappa shape index (κ2) is 7.52. The monoisotopic (exact) mass is 339 g/mol. The lowest BCUT2D eigenvalue weighted by atomic mass is 10.1. The van der Waals surface area contributed by atoms with Crippen LogP contribution in [0, 0.1) is 12.7 Å². The van der Waals surface area contributed by atoms with Crippen LogP contribution in [0.15, 0.2) is 24.3 Å². The van der Waals surface area contributed by atoms with Crippen LogP contribution in [0.25, 0.3) is 0 Å². The van der Waals surface area contributed by atoms with Gasteiger partial charge in [0.15, 0.2) is 5.69 Å². The Kier molecular flexibility index (Phi) is 5.68. The molecule has 1 aliphatic rings. The maximum absolute atomic E-state index is 12.9. The quantitative estimate of drug-likeness (QED) is 0.900. The predicted molar refractivity (Wildman–Crippen MR) is 87.5 cm³/mol. The van der Waals surface area contributed by atoms with Gasteiger partial charge >= 0.3 is 0 Å². The Morgan fingerprint density at radius 3 is 2.61 bits per heavy atom. The Morgan fingerprint density at radius 2 is 1.96 bits per heavy atom. The summed E-state index contributed by atoms with van der Waals surface area (Å²) in [7, 11) is 0. The molecule has 2 N–H and O–H groups in total. The van der Waals surface area contributed by atoms with Crippen LogP contribution in [-0.2, 0) is 0 Å². The number of anilines is 1. The van der Waals surface area contributed by atoms with Crippen LogP contribution < -0.4 is 10.6 Å². The van der Waals surface area contributed by atoms with Crippen molar-refractivity contribution in [3.05, 3.63) is 41.5 Å². The molecule has 2 aromatic rings. The van der Waals surface area contributed by atoms with Crippen LogP contribution in [0.4, 0.5) is 10.1 Å². The summed E-state index contributed by atoms with van der Waals surface area (Å²) in [5.41, 5.74) is 1.59. The highest BCUT2D eigenvalue weighted by Crippen LogP contribution is 2.20. The number of carbonyl (C=O) groups excluding carboxylic acids is 1. The molecule has 0 aliphatic carbocycles. The molecular weight excluding hydrogens is 321 g/mol. The number of hydrogen-bond acceptors (Lipinski definition) is 4. The molecule has 1 fully saturated rings. The number of amides is 1. The highest BCUT2D eigenvalue weighted by Gasteiger charge is 2.22. The second-order valence-corrected chi connectivity index (χ2v) is 5.41. The van der Waals surface area contributed by atoms with E-state index in [4.69, 9.17) is 0 Å². The van der Waals surface area contributed by atoms with Crippen molar-refractivity contribution in [3.63, 3.8) is 0 Å². The molecule has 1 aliphatic heterocycles. The topological polar surface area (TPSA) is 71.8 Å². The van der Waals surface area contributed by atoms with Gasteiger partial charge in [-0.05, 0) is 57.1 Å². The highest BCUT2D eigenvalue weighted by molar-refractivity contribution is 6.03. The summed E-state index contributed by atoms with van der Waals surface area (Å²) in [6.07, 6.45) is 1.95. The van der Waals surface area contributed by atoms with Crippen molar-refractivity contribution in [3.8, 4) is 0 Å². The average molecular weight is 340 g/mol. The van der Waals surface area contributed by atoms with Crippen LogP contribution in [0.1, 0.15) is 35.1 Å². The first-order chi connectivity index (χ1) is 10.6. The molecule has 0 saturated carbocycles. The summed E-state index contributed by atoms with van der Waals surface area (Å²) in [5.74, 6) is -0.671. The molecule has 0 atom stereocenters. The summed E-state index contributed by atoms with van der Waals surface area (Å²) in [6, 6.07) is 5.91. The van der Waals surface area contributed by atoms with Crippen LogP contribution in [-0.4, -0.2) is 34.0 Å². The van der Waals surface area contributed by atoms with E-state index < -0.39 is 0 Å². The van der Waals surface area contributed by atoms with Crippen molar-refractivity contribution < 1.29 is 9.18 Å². The smallest absolute Gasteiger partial charge is 0.278 e. The molecule has 0 bridgehead atoms. The molecule has 1 aromatic heterocycles. The first kappa shape index (κ1) is 17.4. The SMILES string of the molecule is Cc1c(C(=O)Nc2ccc(F)cc2)nnn1C1CCNCC1.Cl. The Hall–Kier alpha value is -1.99. The first-order valence-electron chi connectivity index (χ1n) is 7.34. The molecule has 23 heavy (non-hydrogen) atoms. The summed E-state index contributed by atoms with van der Waals surface area (Å²) in [6.45, 7) is 3.74. The normalized spacial score (nSPS) is 15.0. The molecule has 2 heterocycles. The van der Waals surface area contributed by atoms with Crippen molar-refractivity contribution in [2.75, 3.05) is 18.4 Å². The van der Waals surface area contributed by atoms with Crippen LogP contribution in [0.5, 0.6) is 0 Å². The fraction of sp³-hybridized carbons (Fsp3) is 0.400. The number of nitrogens with zero attached hydrogens (tertiary/aromatic N) is 3. The Morgan fingerprint density at radius 1 is 1.30 bits per heavy atom. The van der Waals surface area contributed by atoms with E-state index in [-0.39, 0.29) is 30.2 Å². The minimum absolute atomic E-state index is 0. The third-order valence-corrected chi connectivity index (χ3v) is 3.90. The van der Waals surface area contributed by atoms with E-state index in [0.29, 0.717) is 11.4 Å². The second-order valence-electron chi connectivity index (χ2n) is 5.41. The zero-order chi connectivity index (χ0) is 15.5. The maximum Gasteiger partial charge on any atom is 0.278 e. The molecule has 8 heteroatoms. The van der Waals surface area contributed by atoms with Crippen molar-refractivity contribution in [1.82, 2.24) is 20.3 Å². The molecule has 0 radical (unpaired) electrons. The molecule has 3 rings (SSSR count). The number of nitrogens with one attached hydrogen (secondary N) is 2. The van der Waals surface area contributed by atoms with Gasteiger partial charge in [-0.25, -0.2) is 9.07 Å². The molecule has 0 unspecified atom stereocenters. The minimum atomic E-state index is -0.342. The number of halogens is 2. The van der Waals surface area contributed by atoms with Gasteiger partial charge in [-0.15, -0.1) is 17.5 Å². The molecule has 1 amide bonds. The van der Waals surface area contributed by atoms with Gasteiger partial charge in [-0.2, -0.15) is 0 Å². The van der Waals surface area contributed by atoms with E-state index in [9.17, 15) is 9.18 Å². The van der Waals surface area contributed by atoms with E-state index in [1.165, 1.54) is 24.3 Å². The van der Waals surface area contributed by atoms with Crippen molar-refractivity contribution >= 4 is 24.0 Å². The van der Waals surface area contributed by atoms with Crippen molar-refractivity contribution in [2.24, 2.45) is 0 Å². The lowest BCUT2D eigenvalue weighted by molar-refractivity contribution is 0.102. The van der Waals surface area contributed by atoms with E-state index in [1.54, 1.807) is 0 Å². The average Bonchev–Trinajstić information content (AvgIpc) is 2.92. The van der Waals surface area contributed by atoms with E-state index in [2.05, 4.69) is 20.9 Å². The van der Waals surface area contributed by atoms with E-state index >= 15 is 0 Å². The van der Waals surface area contributed by atoms with Gasteiger partial charge in [0.1, 0.15) is 5.82 Å². The number of carbonyl (C=O) groups is 1. The molecule has 0 spiro atoms. The lowest BCUT2D eigenvalue weighted by Gasteiger charge is -2.23. The fourth-order valence-electron chi connectivity index (χ4n) is 2.67. The Balaban J connectivity index is 0.00000192. The van der Waals surface area contributed by atoms with Crippen LogP contribution >= 0.6 is 12.4 Å². The Labute approximate surface area is 139 Å². The van der Waals surface area contributed by atoms with Crippen molar-refractivity contribution in [2.45, 2.75) is 25.8 Å². The summed E-state index contributed by atoms with van der Waals surface area (Å²) in [4.78, 5) is 12.3. The summed E-state index contributed by atoms with van der Waals surface area (Å²) in [5, 5.41) is 14.2. The van der Waals surface area contributed by atoms with Gasteiger partial charge in [-0.1, -0.05) is 5.21 Å². The van der Waals surface area contributed by atoms with Gasteiger partial charge in [-0.3, -0.25) is 4.79 Å². The minimum Gasteiger partial charge on any atom is -0.321 e. The van der Waals surface area contributed by atoms with E-state index in [0.717, 1.165) is 31.6 Å². The summed E-state index contributed by atoms with van der Waals surface area (Å²) >= 11 is 0. The molecule has 1 saturated heterocycles. The number of piperidine rings is 1. The molecule has 1 aromatic carbocycles. The third-order valence-electron chi connectivity index (χ3n) is 3.90. The number of hydrogen-bond donors (Lipinski definition) is 2. The van der Waals surface area contributed by atoms with Gasteiger partial charge in [0, 0.05) is 5.69 Å². The number of benzene rings is 1. The lowest BCUT2D eigenvalue weighted by Crippen LogP contribution is -2.30. The van der Waals surface area contributed by atoms with Gasteiger partial charge in [0.05, 0.1) is 11.7 Å². The third kappa shape index (κ3) is 3.86. The first-order valence-corrected chi connectivity index (χ1v) is 7.34. The standard InChI is InChI=1S/C15H18FN5O.ClH/c1-10-14(15(22)18-12-4-2-11(16)3-5-12)19-20-21(10)13-6-8-17-9-7-13;/h2-5,13,17H,6-9H2,1H3,(H,18,22);1H. The number of aromatic nitrogens is 3. The maximum atomic E-state index is 12.9. The van der Waals surface area contributed by atoms with E-state index in [1.807, 2.05) is 11.6 Å². The largest absolute Gasteiger partial charge is 0.321 e. The Bertz CT molecular complexity index is 667. The zero-order valence-corrected chi connectivity index (χ0v) is 13.6. The molecule has 124 valence electrons. The van der Waals surface area contributed by atoms with Gasteiger partial charge in [0.2, 0.25) is 0 Å². The van der Waals surface area contributed by atoms with Crippen molar-refractivity contribution in [1.29, 1.82) is 0 Å². The van der Waals surface area contributed by atoms with Gasteiger partial charge < -0.3 is 10.6 Å². The van der Waals surface area contributed by atoms with Crippen LogP contribution in [0.2, 0.25) is 0 Å². The summed E-state index contributed by atoms with van der Waals surface area (Å²) < 4.78 is 14.7. The molecular formula is C15H19ClFN5O. The highest BCUT2D eigenvalue weighted by atomic mass is 35.5. The van der Waals surface area contributed by atoms with Gasteiger partial charge in [0.25, 0.3) is 5.91 Å². The van der Waals surface area contributed by atoms with Crippen LogP contribution in [0.3, 0.4) is 0 Å².